The van der Waals surface area contributed by atoms with Gasteiger partial charge in [0, 0.05) is 6.04 Å². The molecule has 0 aliphatic rings. The van der Waals surface area contributed by atoms with Crippen LogP contribution in [0.3, 0.4) is 0 Å². The van der Waals surface area contributed by atoms with Crippen molar-refractivity contribution in [2.24, 2.45) is 0 Å². The molecule has 3 nitrogen and oxygen atoms in total. The third-order valence-corrected chi connectivity index (χ3v) is 4.06. The molecule has 0 radical (unpaired) electrons. The van der Waals surface area contributed by atoms with Crippen molar-refractivity contribution >= 4 is 5.69 Å². The van der Waals surface area contributed by atoms with Crippen molar-refractivity contribution in [3.63, 3.8) is 0 Å². The molecule has 0 aliphatic carbocycles. The largest absolute Gasteiger partial charge is 0.487 e. The van der Waals surface area contributed by atoms with E-state index < -0.39 is 0 Å². The summed E-state index contributed by atoms with van der Waals surface area (Å²) in [5.74, 6) is 0.760. The molecule has 2 rings (SSSR count). The van der Waals surface area contributed by atoms with Crippen LogP contribution in [0.5, 0.6) is 5.75 Å². The van der Waals surface area contributed by atoms with Crippen LogP contribution in [0.2, 0.25) is 0 Å². The summed E-state index contributed by atoms with van der Waals surface area (Å²) in [4.78, 5) is 0. The summed E-state index contributed by atoms with van der Waals surface area (Å²) < 4.78 is 5.81. The van der Waals surface area contributed by atoms with E-state index in [0.717, 1.165) is 30.7 Å². The predicted octanol–water partition coefficient (Wildman–Crippen LogP) is 4.17. The van der Waals surface area contributed by atoms with E-state index in [1.165, 1.54) is 12.0 Å². The molecule has 3 N–H and O–H groups in total. The first-order valence-electron chi connectivity index (χ1n) is 8.47. The molecule has 0 aromatic heterocycles. The molecule has 0 saturated heterocycles. The van der Waals surface area contributed by atoms with Crippen LogP contribution in [-0.2, 0) is 13.0 Å². The maximum Gasteiger partial charge on any atom is 0.142 e. The molecule has 1 unspecified atom stereocenters. The first-order chi connectivity index (χ1) is 11.2. The summed E-state index contributed by atoms with van der Waals surface area (Å²) in [7, 11) is 0. The van der Waals surface area contributed by atoms with Gasteiger partial charge in [-0.2, -0.15) is 0 Å². The Morgan fingerprint density at radius 3 is 2.57 bits per heavy atom. The topological polar surface area (TPSA) is 47.3 Å². The lowest BCUT2D eigenvalue weighted by Crippen LogP contribution is -2.26. The van der Waals surface area contributed by atoms with E-state index in [4.69, 9.17) is 10.5 Å². The Labute approximate surface area is 139 Å². The first kappa shape index (κ1) is 17.4. The van der Waals surface area contributed by atoms with Crippen LogP contribution in [0.1, 0.15) is 37.8 Å². The average molecular weight is 312 g/mol. The third-order valence-electron chi connectivity index (χ3n) is 4.06. The van der Waals surface area contributed by atoms with E-state index >= 15 is 0 Å². The van der Waals surface area contributed by atoms with Gasteiger partial charge in [0.05, 0.1) is 5.69 Å². The number of hydrogen-bond donors (Lipinski definition) is 2. The van der Waals surface area contributed by atoms with E-state index in [0.29, 0.717) is 18.3 Å². The Morgan fingerprint density at radius 1 is 1.09 bits per heavy atom. The molecule has 1 atom stereocenters. The maximum atomic E-state index is 6.12. The highest BCUT2D eigenvalue weighted by Crippen LogP contribution is 2.24. The fourth-order valence-corrected chi connectivity index (χ4v) is 2.41. The lowest BCUT2D eigenvalue weighted by molar-refractivity contribution is 0.308. The molecule has 0 heterocycles. The zero-order chi connectivity index (χ0) is 16.5. The van der Waals surface area contributed by atoms with Crippen LogP contribution in [0.25, 0.3) is 0 Å². The molecule has 124 valence electrons. The number of nitrogens with one attached hydrogen (secondary N) is 1. The molecule has 0 amide bonds. The summed E-state index contributed by atoms with van der Waals surface area (Å²) in [6.45, 7) is 6.01. The summed E-state index contributed by atoms with van der Waals surface area (Å²) in [5.41, 5.74) is 9.24. The minimum Gasteiger partial charge on any atom is -0.487 e. The maximum absolute atomic E-state index is 6.12. The number of nitrogen functional groups attached to an aromatic ring is 1. The molecule has 0 spiro atoms. The van der Waals surface area contributed by atoms with Gasteiger partial charge in [0.15, 0.2) is 0 Å². The van der Waals surface area contributed by atoms with Crippen LogP contribution in [0.15, 0.2) is 48.5 Å². The SMILES string of the molecule is CCC(C)NCCCc1ccc(OCc2ccccc2)c(N)c1. The van der Waals surface area contributed by atoms with Crippen LogP contribution < -0.4 is 15.8 Å². The average Bonchev–Trinajstić information content (AvgIpc) is 2.58. The number of hydrogen-bond acceptors (Lipinski definition) is 3. The number of rotatable bonds is 9. The number of benzene rings is 2. The normalized spacial score (nSPS) is 12.1. The standard InChI is InChI=1S/C20H28N2O/c1-3-16(2)22-13-7-10-17-11-12-20(19(21)14-17)23-15-18-8-5-4-6-9-18/h4-6,8-9,11-12,14,16,22H,3,7,10,13,15,21H2,1-2H3. The van der Waals surface area contributed by atoms with Crippen molar-refractivity contribution < 1.29 is 4.74 Å². The highest BCUT2D eigenvalue weighted by molar-refractivity contribution is 5.54. The predicted molar refractivity (Wildman–Crippen MR) is 97.7 cm³/mol. The van der Waals surface area contributed by atoms with Gasteiger partial charge in [0.25, 0.3) is 0 Å². The van der Waals surface area contributed by atoms with Crippen LogP contribution in [0.4, 0.5) is 5.69 Å². The highest BCUT2D eigenvalue weighted by atomic mass is 16.5. The van der Waals surface area contributed by atoms with Crippen LogP contribution >= 0.6 is 0 Å². The van der Waals surface area contributed by atoms with Crippen LogP contribution in [0, 0.1) is 0 Å². The smallest absolute Gasteiger partial charge is 0.142 e. The molecule has 0 saturated carbocycles. The second-order valence-corrected chi connectivity index (χ2v) is 6.01. The van der Waals surface area contributed by atoms with Crippen LogP contribution in [-0.4, -0.2) is 12.6 Å². The van der Waals surface area contributed by atoms with Gasteiger partial charge in [0.2, 0.25) is 0 Å². The monoisotopic (exact) mass is 312 g/mol. The van der Waals surface area contributed by atoms with Gasteiger partial charge < -0.3 is 15.8 Å². The highest BCUT2D eigenvalue weighted by Gasteiger charge is 2.03. The van der Waals surface area contributed by atoms with Gasteiger partial charge in [-0.3, -0.25) is 0 Å². The van der Waals surface area contributed by atoms with Crippen molar-refractivity contribution in [3.05, 3.63) is 59.7 Å². The zero-order valence-electron chi connectivity index (χ0n) is 14.2. The number of nitrogens with two attached hydrogens (primary N) is 1. The Balaban J connectivity index is 1.80. The summed E-state index contributed by atoms with van der Waals surface area (Å²) in [5, 5.41) is 3.51. The molecule has 0 bridgehead atoms. The van der Waals surface area contributed by atoms with Gasteiger partial charge >= 0.3 is 0 Å². The summed E-state index contributed by atoms with van der Waals surface area (Å²) >= 11 is 0. The number of aryl methyl sites for hydroxylation is 1. The minimum absolute atomic E-state index is 0.545. The first-order valence-corrected chi connectivity index (χ1v) is 8.47. The van der Waals surface area contributed by atoms with E-state index in [-0.39, 0.29) is 0 Å². The number of ether oxygens (including phenoxy) is 1. The van der Waals surface area contributed by atoms with Gasteiger partial charge in [-0.1, -0.05) is 43.3 Å². The second kappa shape index (κ2) is 9.21. The van der Waals surface area contributed by atoms with Crippen molar-refractivity contribution in [1.82, 2.24) is 5.32 Å². The van der Waals surface area contributed by atoms with Crippen molar-refractivity contribution in [1.29, 1.82) is 0 Å². The number of anilines is 1. The molecule has 23 heavy (non-hydrogen) atoms. The molecule has 0 aliphatic heterocycles. The molecular formula is C20H28N2O. The molecular weight excluding hydrogens is 284 g/mol. The van der Waals surface area contributed by atoms with Crippen molar-refractivity contribution in [2.75, 3.05) is 12.3 Å². The molecule has 2 aromatic rings. The molecule has 3 heteroatoms. The molecule has 0 fully saturated rings. The van der Waals surface area contributed by atoms with E-state index in [1.54, 1.807) is 0 Å². The second-order valence-electron chi connectivity index (χ2n) is 6.01. The lowest BCUT2D eigenvalue weighted by Gasteiger charge is -2.12. The molecule has 2 aromatic carbocycles. The fourth-order valence-electron chi connectivity index (χ4n) is 2.41. The summed E-state index contributed by atoms with van der Waals surface area (Å²) in [6, 6.07) is 16.8. The quantitative estimate of drug-likeness (QED) is 0.539. The minimum atomic E-state index is 0.545. The van der Waals surface area contributed by atoms with Gasteiger partial charge in [-0.05, 0) is 56.0 Å². The Bertz CT molecular complexity index is 583. The van der Waals surface area contributed by atoms with Crippen molar-refractivity contribution in [2.45, 2.75) is 45.8 Å². The van der Waals surface area contributed by atoms with Gasteiger partial charge in [-0.15, -0.1) is 0 Å². The summed E-state index contributed by atoms with van der Waals surface area (Å²) in [6.07, 6.45) is 3.32. The Hall–Kier alpha value is -2.00. The fraction of sp³-hybridized carbons (Fsp3) is 0.400. The Morgan fingerprint density at radius 2 is 1.87 bits per heavy atom. The van der Waals surface area contributed by atoms with E-state index in [9.17, 15) is 0 Å². The van der Waals surface area contributed by atoms with E-state index in [2.05, 4.69) is 37.4 Å². The van der Waals surface area contributed by atoms with E-state index in [1.807, 2.05) is 30.3 Å². The Kier molecular flexibility index (Phi) is 6.95. The van der Waals surface area contributed by atoms with Crippen molar-refractivity contribution in [3.8, 4) is 5.75 Å². The van der Waals surface area contributed by atoms with Gasteiger partial charge in [-0.25, -0.2) is 0 Å². The third kappa shape index (κ3) is 5.95. The zero-order valence-corrected chi connectivity index (χ0v) is 14.2. The lowest BCUT2D eigenvalue weighted by atomic mass is 10.1. The van der Waals surface area contributed by atoms with Gasteiger partial charge in [0.1, 0.15) is 12.4 Å².